The van der Waals surface area contributed by atoms with Crippen LogP contribution < -0.4 is 5.73 Å². The van der Waals surface area contributed by atoms with Gasteiger partial charge in [0, 0.05) is 12.6 Å². The van der Waals surface area contributed by atoms with Crippen LogP contribution in [-0.2, 0) is 12.8 Å². The minimum absolute atomic E-state index is 0.0203. The maximum absolute atomic E-state index is 9.35. The highest BCUT2D eigenvalue weighted by Gasteiger charge is 2.07. The molecule has 0 aliphatic rings. The van der Waals surface area contributed by atoms with Crippen LogP contribution in [0.25, 0.3) is 10.8 Å². The number of hydrogen-bond donors (Lipinski definition) is 2. The van der Waals surface area contributed by atoms with Crippen LogP contribution in [0.5, 0.6) is 0 Å². The maximum Gasteiger partial charge on any atom is 0.0436 e. The molecule has 3 N–H and O–H groups in total. The fourth-order valence-electron chi connectivity index (χ4n) is 3.35. The maximum atomic E-state index is 9.35. The van der Waals surface area contributed by atoms with Gasteiger partial charge in [0.1, 0.15) is 0 Å². The first-order valence-electron chi connectivity index (χ1n) is 9.31. The largest absolute Gasteiger partial charge is 0.396 e. The standard InChI is InChI=1S/C24H27NO/c25-24(18-21-10-12-22-8-4-5-9-23(22)17-21)13-11-20(14-15-26)16-19-6-2-1-3-7-19/h1-13,17,20,24,26H,14-16,18,25H2/t20?,24-/m0/s1. The van der Waals surface area contributed by atoms with E-state index in [2.05, 4.69) is 78.9 Å². The lowest BCUT2D eigenvalue weighted by molar-refractivity contribution is 0.269. The normalized spacial score (nSPS) is 13.9. The number of aliphatic hydroxyl groups is 1. The van der Waals surface area contributed by atoms with Crippen molar-refractivity contribution >= 4 is 10.8 Å². The number of aliphatic hydroxyl groups excluding tert-OH is 1. The van der Waals surface area contributed by atoms with Crippen molar-refractivity contribution in [2.24, 2.45) is 11.7 Å². The average molecular weight is 345 g/mol. The number of allylic oxidation sites excluding steroid dienone is 1. The molecule has 0 heterocycles. The zero-order chi connectivity index (χ0) is 18.2. The predicted octanol–water partition coefficient (Wildman–Crippen LogP) is 4.51. The highest BCUT2D eigenvalue weighted by molar-refractivity contribution is 5.83. The first-order chi connectivity index (χ1) is 12.7. The third kappa shape index (κ3) is 5.29. The van der Waals surface area contributed by atoms with Gasteiger partial charge in [0.2, 0.25) is 0 Å². The molecule has 0 bridgehead atoms. The summed E-state index contributed by atoms with van der Waals surface area (Å²) >= 11 is 0. The zero-order valence-electron chi connectivity index (χ0n) is 15.1. The summed E-state index contributed by atoms with van der Waals surface area (Å²) in [7, 11) is 0. The quantitative estimate of drug-likeness (QED) is 0.590. The molecule has 2 atom stereocenters. The van der Waals surface area contributed by atoms with Gasteiger partial charge in [0.15, 0.2) is 0 Å². The summed E-state index contributed by atoms with van der Waals surface area (Å²) in [5.74, 6) is 0.310. The van der Waals surface area contributed by atoms with Crippen molar-refractivity contribution in [1.82, 2.24) is 0 Å². The van der Waals surface area contributed by atoms with Gasteiger partial charge in [0.25, 0.3) is 0 Å². The van der Waals surface area contributed by atoms with Crippen LogP contribution in [0.15, 0.2) is 84.9 Å². The van der Waals surface area contributed by atoms with Gasteiger partial charge in [0.05, 0.1) is 0 Å². The van der Waals surface area contributed by atoms with Gasteiger partial charge >= 0.3 is 0 Å². The number of benzene rings is 3. The Balaban J connectivity index is 1.62. The second-order valence-corrected chi connectivity index (χ2v) is 6.90. The van der Waals surface area contributed by atoms with E-state index in [0.717, 1.165) is 19.3 Å². The van der Waals surface area contributed by atoms with E-state index < -0.39 is 0 Å². The molecule has 134 valence electrons. The number of nitrogens with two attached hydrogens (primary N) is 1. The summed E-state index contributed by atoms with van der Waals surface area (Å²) < 4.78 is 0. The van der Waals surface area contributed by atoms with E-state index in [0.29, 0.717) is 5.92 Å². The first-order valence-corrected chi connectivity index (χ1v) is 9.31. The van der Waals surface area contributed by atoms with Gasteiger partial charge in [-0.05, 0) is 47.1 Å². The average Bonchev–Trinajstić information content (AvgIpc) is 2.67. The molecule has 0 aromatic heterocycles. The summed E-state index contributed by atoms with van der Waals surface area (Å²) in [5.41, 5.74) is 8.88. The van der Waals surface area contributed by atoms with Gasteiger partial charge in [-0.15, -0.1) is 0 Å². The van der Waals surface area contributed by atoms with Crippen molar-refractivity contribution in [2.45, 2.75) is 25.3 Å². The van der Waals surface area contributed by atoms with Crippen LogP contribution in [0.4, 0.5) is 0 Å². The van der Waals surface area contributed by atoms with Crippen molar-refractivity contribution in [1.29, 1.82) is 0 Å². The second-order valence-electron chi connectivity index (χ2n) is 6.90. The van der Waals surface area contributed by atoms with Crippen molar-refractivity contribution in [3.8, 4) is 0 Å². The Hall–Kier alpha value is -2.42. The van der Waals surface area contributed by atoms with Crippen molar-refractivity contribution in [3.05, 3.63) is 96.1 Å². The molecule has 3 aromatic rings. The van der Waals surface area contributed by atoms with E-state index in [1.807, 2.05) is 6.07 Å². The minimum atomic E-state index is -0.0203. The molecule has 0 aliphatic heterocycles. The van der Waals surface area contributed by atoms with Crippen LogP contribution >= 0.6 is 0 Å². The number of rotatable bonds is 8. The van der Waals surface area contributed by atoms with E-state index in [1.165, 1.54) is 21.9 Å². The molecular formula is C24H27NO. The highest BCUT2D eigenvalue weighted by atomic mass is 16.3. The molecule has 0 spiro atoms. The second kappa shape index (κ2) is 9.33. The van der Waals surface area contributed by atoms with E-state index in [-0.39, 0.29) is 12.6 Å². The molecule has 0 amide bonds. The third-order valence-corrected chi connectivity index (χ3v) is 4.76. The molecule has 0 aliphatic carbocycles. The van der Waals surface area contributed by atoms with Crippen LogP contribution in [0.1, 0.15) is 17.5 Å². The molecule has 2 heteroatoms. The van der Waals surface area contributed by atoms with Gasteiger partial charge < -0.3 is 10.8 Å². The molecule has 2 nitrogen and oxygen atoms in total. The molecule has 0 saturated carbocycles. The SMILES string of the molecule is N[C@@H](C=CC(CCO)Cc1ccccc1)Cc1ccc2ccccc2c1. The van der Waals surface area contributed by atoms with E-state index in [9.17, 15) is 5.11 Å². The zero-order valence-corrected chi connectivity index (χ0v) is 15.1. The molecule has 0 radical (unpaired) electrons. The van der Waals surface area contributed by atoms with Crippen LogP contribution in [0, 0.1) is 5.92 Å². The predicted molar refractivity (Wildman–Crippen MR) is 110 cm³/mol. The van der Waals surface area contributed by atoms with E-state index in [4.69, 9.17) is 5.73 Å². The lowest BCUT2D eigenvalue weighted by atomic mass is 9.94. The van der Waals surface area contributed by atoms with E-state index >= 15 is 0 Å². The van der Waals surface area contributed by atoms with Crippen molar-refractivity contribution in [2.75, 3.05) is 6.61 Å². The molecular weight excluding hydrogens is 318 g/mol. The van der Waals surface area contributed by atoms with Crippen molar-refractivity contribution < 1.29 is 5.11 Å². The van der Waals surface area contributed by atoms with Crippen molar-refractivity contribution in [3.63, 3.8) is 0 Å². The van der Waals surface area contributed by atoms with Crippen LogP contribution in [0.3, 0.4) is 0 Å². The summed E-state index contributed by atoms with van der Waals surface area (Å²) in [6, 6.07) is 25.3. The lowest BCUT2D eigenvalue weighted by Gasteiger charge is -2.13. The Morgan fingerprint density at radius 2 is 1.50 bits per heavy atom. The molecule has 0 fully saturated rings. The Labute approximate surface area is 156 Å². The Morgan fingerprint density at radius 3 is 2.27 bits per heavy atom. The Kier molecular flexibility index (Phi) is 6.59. The summed E-state index contributed by atoms with van der Waals surface area (Å²) in [4.78, 5) is 0. The fraction of sp³-hybridized carbons (Fsp3) is 0.250. The highest BCUT2D eigenvalue weighted by Crippen LogP contribution is 2.18. The van der Waals surface area contributed by atoms with Gasteiger partial charge in [-0.2, -0.15) is 0 Å². The van der Waals surface area contributed by atoms with Crippen LogP contribution in [-0.4, -0.2) is 17.8 Å². The van der Waals surface area contributed by atoms with E-state index in [1.54, 1.807) is 0 Å². The minimum Gasteiger partial charge on any atom is -0.396 e. The number of hydrogen-bond acceptors (Lipinski definition) is 2. The molecule has 3 rings (SSSR count). The summed E-state index contributed by atoms with van der Waals surface area (Å²) in [6.45, 7) is 0.196. The fourth-order valence-corrected chi connectivity index (χ4v) is 3.35. The monoisotopic (exact) mass is 345 g/mol. The summed E-state index contributed by atoms with van der Waals surface area (Å²) in [5, 5.41) is 11.9. The first kappa shape index (κ1) is 18.4. The lowest BCUT2D eigenvalue weighted by Crippen LogP contribution is -2.20. The van der Waals surface area contributed by atoms with Gasteiger partial charge in [-0.3, -0.25) is 0 Å². The van der Waals surface area contributed by atoms with Crippen LogP contribution in [0.2, 0.25) is 0 Å². The third-order valence-electron chi connectivity index (χ3n) is 4.76. The topological polar surface area (TPSA) is 46.2 Å². The molecule has 26 heavy (non-hydrogen) atoms. The molecule has 1 unspecified atom stereocenters. The Morgan fingerprint density at radius 1 is 0.769 bits per heavy atom. The van der Waals surface area contributed by atoms with Gasteiger partial charge in [-0.1, -0.05) is 84.9 Å². The molecule has 3 aromatic carbocycles. The summed E-state index contributed by atoms with van der Waals surface area (Å²) in [6.07, 6.45) is 6.78. The Bertz CT molecular complexity index is 841. The smallest absolute Gasteiger partial charge is 0.0436 e. The number of fused-ring (bicyclic) bond motifs is 1. The van der Waals surface area contributed by atoms with Gasteiger partial charge in [-0.25, -0.2) is 0 Å². The molecule has 0 saturated heterocycles.